The molecule has 0 bridgehead atoms. The van der Waals surface area contributed by atoms with Crippen LogP contribution in [-0.2, 0) is 6.54 Å². The Balaban J connectivity index is 2.15. The van der Waals surface area contributed by atoms with Gasteiger partial charge in [-0.1, -0.05) is 30.3 Å². The van der Waals surface area contributed by atoms with Crippen LogP contribution >= 0.6 is 0 Å². The highest BCUT2D eigenvalue weighted by Gasteiger charge is 2.01. The van der Waals surface area contributed by atoms with Crippen molar-refractivity contribution in [1.82, 2.24) is 4.98 Å². The summed E-state index contributed by atoms with van der Waals surface area (Å²) in [7, 11) is 1.65. The van der Waals surface area contributed by atoms with E-state index in [-0.39, 0.29) is 0 Å². The van der Waals surface area contributed by atoms with E-state index in [9.17, 15) is 0 Å². The van der Waals surface area contributed by atoms with Gasteiger partial charge in [0, 0.05) is 24.4 Å². The van der Waals surface area contributed by atoms with Gasteiger partial charge in [0.25, 0.3) is 0 Å². The number of rotatable bonds is 4. The molecule has 0 aliphatic rings. The van der Waals surface area contributed by atoms with Gasteiger partial charge in [-0.3, -0.25) is 15.0 Å². The second-order valence-electron chi connectivity index (χ2n) is 4.21. The van der Waals surface area contributed by atoms with E-state index in [1.54, 1.807) is 13.2 Å². The number of aromatic nitrogens is 1. The number of pyridine rings is 1. The molecule has 0 aliphatic carbocycles. The van der Waals surface area contributed by atoms with Crippen molar-refractivity contribution in [1.29, 1.82) is 0 Å². The molecule has 2 rings (SSSR count). The molecule has 5 nitrogen and oxygen atoms in total. The van der Waals surface area contributed by atoms with E-state index >= 15 is 0 Å². The van der Waals surface area contributed by atoms with Gasteiger partial charge in [-0.2, -0.15) is 0 Å². The third-order valence-electron chi connectivity index (χ3n) is 2.83. The zero-order valence-electron chi connectivity index (χ0n) is 11.3. The maximum Gasteiger partial charge on any atom is 0.126 e. The van der Waals surface area contributed by atoms with Crippen LogP contribution < -0.4 is 11.5 Å². The van der Waals surface area contributed by atoms with Gasteiger partial charge < -0.3 is 11.5 Å². The number of amidine groups is 2. The van der Waals surface area contributed by atoms with E-state index in [4.69, 9.17) is 11.5 Å². The van der Waals surface area contributed by atoms with E-state index in [0.717, 1.165) is 16.8 Å². The highest BCUT2D eigenvalue weighted by Crippen LogP contribution is 2.04. The lowest BCUT2D eigenvalue weighted by Crippen LogP contribution is -2.15. The van der Waals surface area contributed by atoms with Crippen LogP contribution in [0.4, 0.5) is 0 Å². The van der Waals surface area contributed by atoms with Crippen LogP contribution in [0.3, 0.4) is 0 Å². The summed E-state index contributed by atoms with van der Waals surface area (Å²) < 4.78 is 0. The Morgan fingerprint density at radius 1 is 1.05 bits per heavy atom. The lowest BCUT2D eigenvalue weighted by molar-refractivity contribution is 0.984. The lowest BCUT2D eigenvalue weighted by atomic mass is 10.2. The van der Waals surface area contributed by atoms with E-state index in [0.29, 0.717) is 18.2 Å². The van der Waals surface area contributed by atoms with E-state index in [1.807, 2.05) is 42.5 Å². The fourth-order valence-electron chi connectivity index (χ4n) is 1.72. The molecule has 0 unspecified atom stereocenters. The molecular formula is C15H17N5. The Hall–Kier alpha value is -2.69. The van der Waals surface area contributed by atoms with E-state index in [1.165, 1.54) is 0 Å². The number of nitrogens with zero attached hydrogens (tertiary/aromatic N) is 3. The molecule has 0 saturated carbocycles. The quantitative estimate of drug-likeness (QED) is 0.646. The van der Waals surface area contributed by atoms with Gasteiger partial charge in [0.2, 0.25) is 0 Å². The van der Waals surface area contributed by atoms with Crippen molar-refractivity contribution in [3.63, 3.8) is 0 Å². The summed E-state index contributed by atoms with van der Waals surface area (Å²) in [6.45, 7) is 0.408. The lowest BCUT2D eigenvalue weighted by Gasteiger charge is -2.03. The first-order chi connectivity index (χ1) is 9.70. The van der Waals surface area contributed by atoms with Gasteiger partial charge in [-0.15, -0.1) is 0 Å². The molecular weight excluding hydrogens is 250 g/mol. The fraction of sp³-hybridized carbons (Fsp3) is 0.133. The van der Waals surface area contributed by atoms with Gasteiger partial charge in [-0.05, 0) is 12.1 Å². The first kappa shape index (κ1) is 13.7. The average Bonchev–Trinajstić information content (AvgIpc) is 2.53. The van der Waals surface area contributed by atoms with Crippen LogP contribution in [0.5, 0.6) is 0 Å². The molecule has 0 aliphatic heterocycles. The normalized spacial score (nSPS) is 12.4. The van der Waals surface area contributed by atoms with Crippen LogP contribution in [0.1, 0.15) is 16.8 Å². The summed E-state index contributed by atoms with van der Waals surface area (Å²) in [6, 6.07) is 13.3. The van der Waals surface area contributed by atoms with Crippen LogP contribution in [0, 0.1) is 0 Å². The van der Waals surface area contributed by atoms with Gasteiger partial charge in [0.05, 0.1) is 12.2 Å². The van der Waals surface area contributed by atoms with Gasteiger partial charge in [0.15, 0.2) is 0 Å². The minimum Gasteiger partial charge on any atom is -0.384 e. The third-order valence-corrected chi connectivity index (χ3v) is 2.83. The largest absolute Gasteiger partial charge is 0.384 e. The topological polar surface area (TPSA) is 89.6 Å². The molecule has 0 spiro atoms. The van der Waals surface area contributed by atoms with Gasteiger partial charge in [-0.25, -0.2) is 0 Å². The summed E-state index contributed by atoms with van der Waals surface area (Å²) >= 11 is 0. The van der Waals surface area contributed by atoms with Crippen molar-refractivity contribution in [3.05, 3.63) is 65.5 Å². The molecule has 0 atom stereocenters. The van der Waals surface area contributed by atoms with Crippen molar-refractivity contribution in [2.45, 2.75) is 6.54 Å². The molecule has 1 aromatic carbocycles. The van der Waals surface area contributed by atoms with E-state index < -0.39 is 0 Å². The minimum absolute atomic E-state index is 0.408. The van der Waals surface area contributed by atoms with Crippen LogP contribution in [0.25, 0.3) is 0 Å². The van der Waals surface area contributed by atoms with Crippen molar-refractivity contribution in [3.8, 4) is 0 Å². The summed E-state index contributed by atoms with van der Waals surface area (Å²) in [5.74, 6) is 0.976. The molecule has 1 aromatic heterocycles. The monoisotopic (exact) mass is 267 g/mol. The first-order valence-electron chi connectivity index (χ1n) is 6.23. The third kappa shape index (κ3) is 3.41. The van der Waals surface area contributed by atoms with E-state index in [2.05, 4.69) is 15.0 Å². The molecule has 1 heterocycles. The maximum absolute atomic E-state index is 5.94. The first-order valence-corrected chi connectivity index (χ1v) is 6.23. The molecule has 102 valence electrons. The van der Waals surface area contributed by atoms with Crippen molar-refractivity contribution in [2.24, 2.45) is 21.5 Å². The Morgan fingerprint density at radius 3 is 2.50 bits per heavy atom. The van der Waals surface area contributed by atoms with Crippen LogP contribution in [0.15, 0.2) is 58.6 Å². The standard InChI is InChI=1S/C15H17N5/c1-18-14(16)12-7-8-19-13(9-12)10-20-15(17)11-5-3-2-4-6-11/h2-9H,10H2,1H3,(H2,16,18)(H2,17,20). The van der Waals surface area contributed by atoms with Crippen molar-refractivity contribution >= 4 is 11.7 Å². The maximum atomic E-state index is 5.94. The van der Waals surface area contributed by atoms with Crippen LogP contribution in [-0.4, -0.2) is 23.7 Å². The van der Waals surface area contributed by atoms with Crippen LogP contribution in [0.2, 0.25) is 0 Å². The predicted molar refractivity (Wildman–Crippen MR) is 81.8 cm³/mol. The zero-order chi connectivity index (χ0) is 14.4. The fourth-order valence-corrected chi connectivity index (χ4v) is 1.72. The Labute approximate surface area is 118 Å². The smallest absolute Gasteiger partial charge is 0.126 e. The Kier molecular flexibility index (Phi) is 4.44. The molecule has 0 saturated heterocycles. The highest BCUT2D eigenvalue weighted by molar-refractivity contribution is 5.98. The molecule has 0 fully saturated rings. The molecule has 5 heteroatoms. The predicted octanol–water partition coefficient (Wildman–Crippen LogP) is 1.32. The SMILES string of the molecule is CN=C(N)c1ccnc(CN=C(N)c2ccccc2)c1. The summed E-state index contributed by atoms with van der Waals surface area (Å²) in [4.78, 5) is 12.5. The molecule has 0 radical (unpaired) electrons. The molecule has 20 heavy (non-hydrogen) atoms. The molecule has 2 aromatic rings. The Morgan fingerprint density at radius 2 is 1.80 bits per heavy atom. The number of nitrogens with two attached hydrogens (primary N) is 2. The molecule has 0 amide bonds. The van der Waals surface area contributed by atoms with Gasteiger partial charge >= 0.3 is 0 Å². The Bertz CT molecular complexity index is 632. The summed E-state index contributed by atoms with van der Waals surface area (Å²) in [5, 5.41) is 0. The number of benzene rings is 1. The summed E-state index contributed by atoms with van der Waals surface area (Å²) in [5.41, 5.74) is 14.3. The van der Waals surface area contributed by atoms with Crippen molar-refractivity contribution < 1.29 is 0 Å². The highest BCUT2D eigenvalue weighted by atomic mass is 14.9. The average molecular weight is 267 g/mol. The second kappa shape index (κ2) is 6.47. The summed E-state index contributed by atoms with van der Waals surface area (Å²) in [6.07, 6.45) is 1.69. The van der Waals surface area contributed by atoms with Crippen molar-refractivity contribution in [2.75, 3.05) is 7.05 Å². The zero-order valence-corrected chi connectivity index (χ0v) is 11.3. The number of aliphatic imine (C=N–C) groups is 2. The minimum atomic E-state index is 0.408. The number of hydrogen-bond acceptors (Lipinski definition) is 3. The second-order valence-corrected chi connectivity index (χ2v) is 4.21. The molecule has 4 N–H and O–H groups in total. The van der Waals surface area contributed by atoms with Gasteiger partial charge in [0.1, 0.15) is 11.7 Å². The number of hydrogen-bond donors (Lipinski definition) is 2.